The van der Waals surface area contributed by atoms with Gasteiger partial charge < -0.3 is 9.84 Å². The van der Waals surface area contributed by atoms with Crippen LogP contribution in [0.4, 0.5) is 8.78 Å². The lowest BCUT2D eigenvalue weighted by atomic mass is 9.80. The summed E-state index contributed by atoms with van der Waals surface area (Å²) in [5.74, 6) is -1.18. The lowest BCUT2D eigenvalue weighted by Crippen LogP contribution is -2.41. The van der Waals surface area contributed by atoms with Gasteiger partial charge in [-0.15, -0.1) is 0 Å². The molecule has 2 nitrogen and oxygen atoms in total. The van der Waals surface area contributed by atoms with Gasteiger partial charge in [-0.05, 0) is 18.1 Å². The van der Waals surface area contributed by atoms with E-state index in [-0.39, 0.29) is 30.4 Å². The van der Waals surface area contributed by atoms with Gasteiger partial charge in [0.1, 0.15) is 11.6 Å². The molecule has 0 aromatic heterocycles. The predicted octanol–water partition coefficient (Wildman–Crippen LogP) is 2.99. The van der Waals surface area contributed by atoms with Gasteiger partial charge >= 0.3 is 0 Å². The molecule has 18 heavy (non-hydrogen) atoms. The molecular formula is C14H18F2O2. The molecule has 1 aliphatic rings. The summed E-state index contributed by atoms with van der Waals surface area (Å²) < 4.78 is 33.1. The minimum Gasteiger partial charge on any atom is -0.385 e. The van der Waals surface area contributed by atoms with Gasteiger partial charge in [-0.1, -0.05) is 19.9 Å². The highest BCUT2D eigenvalue weighted by Crippen LogP contribution is 2.39. The Balaban J connectivity index is 2.36. The second kappa shape index (κ2) is 4.94. The fourth-order valence-electron chi connectivity index (χ4n) is 2.47. The van der Waals surface area contributed by atoms with E-state index in [1.165, 1.54) is 18.2 Å². The molecule has 1 aliphatic heterocycles. The maximum Gasteiger partial charge on any atom is 0.132 e. The van der Waals surface area contributed by atoms with Gasteiger partial charge in [-0.2, -0.15) is 0 Å². The van der Waals surface area contributed by atoms with Crippen molar-refractivity contribution in [3.8, 4) is 0 Å². The Morgan fingerprint density at radius 3 is 2.50 bits per heavy atom. The quantitative estimate of drug-likeness (QED) is 0.881. The lowest BCUT2D eigenvalue weighted by Gasteiger charge is -2.39. The summed E-state index contributed by atoms with van der Waals surface area (Å²) in [7, 11) is 0. The Bertz CT molecular complexity index is 414. The highest BCUT2D eigenvalue weighted by molar-refractivity contribution is 5.27. The number of hydrogen-bond donors (Lipinski definition) is 1. The molecule has 0 radical (unpaired) electrons. The van der Waals surface area contributed by atoms with Crippen LogP contribution in [0.5, 0.6) is 0 Å². The molecule has 1 aromatic rings. The van der Waals surface area contributed by atoms with Crippen LogP contribution in [0.25, 0.3) is 0 Å². The van der Waals surface area contributed by atoms with Gasteiger partial charge in [-0.25, -0.2) is 8.78 Å². The van der Waals surface area contributed by atoms with Crippen LogP contribution in [0.1, 0.15) is 32.3 Å². The van der Waals surface area contributed by atoms with E-state index in [0.29, 0.717) is 6.61 Å². The smallest absolute Gasteiger partial charge is 0.132 e. The van der Waals surface area contributed by atoms with E-state index in [1.54, 1.807) is 0 Å². The molecule has 0 saturated carbocycles. The third kappa shape index (κ3) is 2.40. The van der Waals surface area contributed by atoms with Crippen molar-refractivity contribution in [1.29, 1.82) is 0 Å². The number of ether oxygens (including phenoxy) is 1. The van der Waals surface area contributed by atoms with Crippen LogP contribution in [0.2, 0.25) is 0 Å². The average Bonchev–Trinajstić information content (AvgIpc) is 2.28. The molecule has 100 valence electrons. The van der Waals surface area contributed by atoms with Gasteiger partial charge in [0, 0.05) is 12.8 Å². The molecule has 0 spiro atoms. The molecule has 0 aliphatic carbocycles. The maximum atomic E-state index is 13.8. The molecule has 1 aromatic carbocycles. The largest absolute Gasteiger partial charge is 0.385 e. The number of rotatable bonds is 2. The van der Waals surface area contributed by atoms with E-state index in [2.05, 4.69) is 0 Å². The summed E-state index contributed by atoms with van der Waals surface area (Å²) in [6.07, 6.45) is 0.263. The van der Waals surface area contributed by atoms with E-state index < -0.39 is 17.2 Å². The number of hydrogen-bond acceptors (Lipinski definition) is 2. The molecular weight excluding hydrogens is 238 g/mol. The normalized spacial score (nSPS) is 28.7. The van der Waals surface area contributed by atoms with Crippen molar-refractivity contribution in [3.05, 3.63) is 35.4 Å². The summed E-state index contributed by atoms with van der Waals surface area (Å²) in [5, 5.41) is 10.6. The van der Waals surface area contributed by atoms with Crippen LogP contribution >= 0.6 is 0 Å². The van der Waals surface area contributed by atoms with Gasteiger partial charge in [0.2, 0.25) is 0 Å². The number of halogens is 2. The second-order valence-corrected chi connectivity index (χ2v) is 5.24. The summed E-state index contributed by atoms with van der Waals surface area (Å²) in [5.41, 5.74) is -1.69. The Morgan fingerprint density at radius 1 is 1.33 bits per heavy atom. The summed E-state index contributed by atoms with van der Waals surface area (Å²) in [4.78, 5) is 0. The topological polar surface area (TPSA) is 29.5 Å². The standard InChI is InChI=1S/C14H18F2O2/c1-9(2)12-8-14(17,6-7-18-12)13-10(15)4-3-5-11(13)16/h3-5,9,12,17H,6-8H2,1-2H3. The zero-order valence-electron chi connectivity index (χ0n) is 10.6. The van der Waals surface area contributed by atoms with Crippen LogP contribution in [-0.2, 0) is 10.3 Å². The van der Waals surface area contributed by atoms with Crippen molar-refractivity contribution < 1.29 is 18.6 Å². The second-order valence-electron chi connectivity index (χ2n) is 5.24. The van der Waals surface area contributed by atoms with Crippen molar-refractivity contribution in [2.45, 2.75) is 38.4 Å². The molecule has 0 bridgehead atoms. The summed E-state index contributed by atoms with van der Waals surface area (Å²) in [6, 6.07) is 3.66. The van der Waals surface area contributed by atoms with E-state index in [9.17, 15) is 13.9 Å². The van der Waals surface area contributed by atoms with Crippen LogP contribution in [0.15, 0.2) is 18.2 Å². The van der Waals surface area contributed by atoms with E-state index >= 15 is 0 Å². The molecule has 2 atom stereocenters. The van der Waals surface area contributed by atoms with Gasteiger partial charge in [0.15, 0.2) is 0 Å². The van der Waals surface area contributed by atoms with Crippen molar-refractivity contribution in [2.24, 2.45) is 5.92 Å². The lowest BCUT2D eigenvalue weighted by molar-refractivity contribution is -0.123. The Labute approximate surface area is 106 Å². The average molecular weight is 256 g/mol. The first kappa shape index (κ1) is 13.4. The van der Waals surface area contributed by atoms with Crippen LogP contribution in [0.3, 0.4) is 0 Å². The van der Waals surface area contributed by atoms with Gasteiger partial charge in [-0.3, -0.25) is 0 Å². The number of benzene rings is 1. The first-order valence-corrected chi connectivity index (χ1v) is 6.22. The molecule has 2 unspecified atom stereocenters. The summed E-state index contributed by atoms with van der Waals surface area (Å²) in [6.45, 7) is 4.25. The zero-order chi connectivity index (χ0) is 13.3. The highest BCUT2D eigenvalue weighted by atomic mass is 19.1. The Morgan fingerprint density at radius 2 is 1.94 bits per heavy atom. The predicted molar refractivity (Wildman–Crippen MR) is 64.1 cm³/mol. The first-order valence-electron chi connectivity index (χ1n) is 6.22. The molecule has 1 fully saturated rings. The third-order valence-electron chi connectivity index (χ3n) is 3.56. The Kier molecular flexibility index (Phi) is 3.69. The van der Waals surface area contributed by atoms with Crippen LogP contribution in [0, 0.1) is 17.6 Å². The van der Waals surface area contributed by atoms with Crippen molar-refractivity contribution >= 4 is 0 Å². The fraction of sp³-hybridized carbons (Fsp3) is 0.571. The molecule has 1 heterocycles. The van der Waals surface area contributed by atoms with Crippen LogP contribution in [-0.4, -0.2) is 17.8 Å². The minimum absolute atomic E-state index is 0.178. The maximum absolute atomic E-state index is 13.8. The van der Waals surface area contributed by atoms with Crippen molar-refractivity contribution in [2.75, 3.05) is 6.61 Å². The Hall–Kier alpha value is -1.00. The van der Waals surface area contributed by atoms with Crippen molar-refractivity contribution in [1.82, 2.24) is 0 Å². The monoisotopic (exact) mass is 256 g/mol. The van der Waals surface area contributed by atoms with Gasteiger partial charge in [0.25, 0.3) is 0 Å². The van der Waals surface area contributed by atoms with E-state index in [0.717, 1.165) is 0 Å². The third-order valence-corrected chi connectivity index (χ3v) is 3.56. The SMILES string of the molecule is CC(C)C1CC(O)(c2c(F)cccc2F)CCO1. The minimum atomic E-state index is -1.47. The number of aliphatic hydroxyl groups is 1. The van der Waals surface area contributed by atoms with E-state index in [4.69, 9.17) is 4.74 Å². The molecule has 2 rings (SSSR count). The highest BCUT2D eigenvalue weighted by Gasteiger charge is 2.41. The fourth-order valence-corrected chi connectivity index (χ4v) is 2.47. The van der Waals surface area contributed by atoms with Gasteiger partial charge in [0.05, 0.1) is 23.9 Å². The molecule has 1 N–H and O–H groups in total. The molecule has 4 heteroatoms. The molecule has 1 saturated heterocycles. The van der Waals surface area contributed by atoms with Crippen LogP contribution < -0.4 is 0 Å². The van der Waals surface area contributed by atoms with Crippen molar-refractivity contribution in [3.63, 3.8) is 0 Å². The van der Waals surface area contributed by atoms with E-state index in [1.807, 2.05) is 13.8 Å². The zero-order valence-corrected chi connectivity index (χ0v) is 10.6. The summed E-state index contributed by atoms with van der Waals surface area (Å²) >= 11 is 0. The first-order chi connectivity index (χ1) is 8.44. The molecule has 0 amide bonds.